The lowest BCUT2D eigenvalue weighted by Gasteiger charge is -2.15. The Morgan fingerprint density at radius 2 is 1.92 bits per heavy atom. The zero-order valence-corrected chi connectivity index (χ0v) is 17.2. The number of anilines is 1. The van der Waals surface area contributed by atoms with Crippen LogP contribution in [0.1, 0.15) is 46.0 Å². The Labute approximate surface area is 161 Å². The second kappa shape index (κ2) is 11.2. The molecule has 0 heterocycles. The molecule has 1 aromatic rings. The van der Waals surface area contributed by atoms with Crippen LogP contribution in [-0.2, 0) is 14.8 Å². The topological polar surface area (TPSA) is 81.4 Å². The molecule has 0 aromatic heterocycles. The molecular weight excluding hydrogens is 383 g/mol. The first-order chi connectivity index (χ1) is 11.8. The van der Waals surface area contributed by atoms with Gasteiger partial charge in [0.1, 0.15) is 4.90 Å². The van der Waals surface area contributed by atoms with Crippen LogP contribution in [0.15, 0.2) is 17.0 Å². The van der Waals surface area contributed by atoms with Crippen LogP contribution in [0.2, 0.25) is 10.0 Å². The van der Waals surface area contributed by atoms with Gasteiger partial charge in [-0.1, -0.05) is 56.3 Å². The Morgan fingerprint density at radius 3 is 2.56 bits per heavy atom. The first kappa shape index (κ1) is 22.5. The normalized spacial score (nSPS) is 13.1. The minimum Gasteiger partial charge on any atom is -0.397 e. The third kappa shape index (κ3) is 7.71. The number of unbranched alkanes of at least 4 members (excludes halogenated alkanes) is 1. The van der Waals surface area contributed by atoms with Gasteiger partial charge in [0.2, 0.25) is 10.0 Å². The number of hydrogen-bond donors (Lipinski definition) is 2. The highest BCUT2D eigenvalue weighted by Crippen LogP contribution is 2.29. The Hall–Kier alpha value is -0.530. The maximum Gasteiger partial charge on any atom is 0.242 e. The molecule has 1 aromatic carbocycles. The second-order valence-corrected chi connectivity index (χ2v) is 8.60. The van der Waals surface area contributed by atoms with E-state index in [0.29, 0.717) is 18.9 Å². The van der Waals surface area contributed by atoms with Crippen molar-refractivity contribution in [3.8, 4) is 0 Å². The number of nitrogen functional groups attached to an aromatic ring is 1. The fourth-order valence-corrected chi connectivity index (χ4v) is 4.22. The lowest BCUT2D eigenvalue weighted by Crippen LogP contribution is -2.26. The fourth-order valence-electron chi connectivity index (χ4n) is 2.36. The van der Waals surface area contributed by atoms with Crippen molar-refractivity contribution < 1.29 is 13.2 Å². The van der Waals surface area contributed by atoms with E-state index in [-0.39, 0.29) is 27.2 Å². The molecule has 144 valence electrons. The summed E-state index contributed by atoms with van der Waals surface area (Å²) in [6.07, 6.45) is 5.27. The summed E-state index contributed by atoms with van der Waals surface area (Å²) >= 11 is 11.8. The molecule has 0 aliphatic heterocycles. The number of ether oxygens (including phenoxy) is 1. The molecular formula is C17H28Cl2N2O3S. The van der Waals surface area contributed by atoms with E-state index in [9.17, 15) is 8.42 Å². The van der Waals surface area contributed by atoms with Crippen molar-refractivity contribution >= 4 is 38.9 Å². The Balaban J connectivity index is 2.39. The summed E-state index contributed by atoms with van der Waals surface area (Å²) in [5.41, 5.74) is 5.85. The molecule has 3 N–H and O–H groups in total. The Morgan fingerprint density at radius 1 is 1.20 bits per heavy atom. The minimum absolute atomic E-state index is 0.0485. The molecule has 5 nitrogen and oxygen atoms in total. The molecule has 1 unspecified atom stereocenters. The van der Waals surface area contributed by atoms with Crippen molar-refractivity contribution in [3.05, 3.63) is 22.2 Å². The molecule has 0 radical (unpaired) electrons. The van der Waals surface area contributed by atoms with Gasteiger partial charge in [-0.05, 0) is 30.9 Å². The third-order valence-corrected chi connectivity index (χ3v) is 6.25. The van der Waals surface area contributed by atoms with E-state index in [1.807, 2.05) is 0 Å². The summed E-state index contributed by atoms with van der Waals surface area (Å²) in [5, 5.41) is 0.207. The van der Waals surface area contributed by atoms with Crippen LogP contribution in [-0.4, -0.2) is 28.2 Å². The van der Waals surface area contributed by atoms with Crippen molar-refractivity contribution in [2.75, 3.05) is 25.5 Å². The van der Waals surface area contributed by atoms with E-state index in [4.69, 9.17) is 33.7 Å². The first-order valence-electron chi connectivity index (χ1n) is 8.63. The molecule has 0 aliphatic carbocycles. The molecule has 0 fully saturated rings. The first-order valence-corrected chi connectivity index (χ1v) is 10.9. The van der Waals surface area contributed by atoms with Crippen LogP contribution >= 0.6 is 23.2 Å². The Bertz CT molecular complexity index is 639. The third-order valence-electron chi connectivity index (χ3n) is 4.00. The summed E-state index contributed by atoms with van der Waals surface area (Å²) in [5.74, 6) is 0.576. The molecule has 1 rings (SSSR count). The van der Waals surface area contributed by atoms with E-state index in [1.54, 1.807) is 0 Å². The van der Waals surface area contributed by atoms with E-state index in [1.165, 1.54) is 31.4 Å². The number of sulfonamides is 1. The van der Waals surface area contributed by atoms with E-state index in [0.717, 1.165) is 13.0 Å². The van der Waals surface area contributed by atoms with Gasteiger partial charge >= 0.3 is 0 Å². The molecule has 1 atom stereocenters. The lowest BCUT2D eigenvalue weighted by atomic mass is 10.0. The van der Waals surface area contributed by atoms with Gasteiger partial charge in [-0.3, -0.25) is 0 Å². The predicted molar refractivity (Wildman–Crippen MR) is 105 cm³/mol. The molecule has 25 heavy (non-hydrogen) atoms. The molecule has 0 aliphatic rings. The highest BCUT2D eigenvalue weighted by molar-refractivity contribution is 7.89. The second-order valence-electron chi connectivity index (χ2n) is 6.05. The zero-order chi connectivity index (χ0) is 18.9. The molecule has 0 bridgehead atoms. The highest BCUT2D eigenvalue weighted by atomic mass is 35.5. The van der Waals surface area contributed by atoms with Gasteiger partial charge in [-0.15, -0.1) is 0 Å². The Kier molecular flexibility index (Phi) is 10.1. The van der Waals surface area contributed by atoms with Gasteiger partial charge in [-0.25, -0.2) is 13.1 Å². The van der Waals surface area contributed by atoms with Gasteiger partial charge in [0, 0.05) is 19.8 Å². The number of benzene rings is 1. The van der Waals surface area contributed by atoms with Crippen LogP contribution in [0.5, 0.6) is 0 Å². The smallest absolute Gasteiger partial charge is 0.242 e. The average Bonchev–Trinajstić information content (AvgIpc) is 2.56. The van der Waals surface area contributed by atoms with Gasteiger partial charge in [0.05, 0.1) is 15.7 Å². The maximum absolute atomic E-state index is 12.3. The number of nitrogens with two attached hydrogens (primary N) is 1. The standard InChI is InChI=1S/C17H28Cl2N2O3S/c1-3-5-7-13(4-2)12-24-9-6-8-21-25(22,23)17-11-14(18)16(20)10-15(17)19/h10-11,13,21H,3-9,12,20H2,1-2H3. The van der Waals surface area contributed by atoms with Crippen LogP contribution in [0.3, 0.4) is 0 Å². The van der Waals surface area contributed by atoms with Crippen molar-refractivity contribution in [1.82, 2.24) is 4.72 Å². The van der Waals surface area contributed by atoms with Gasteiger partial charge < -0.3 is 10.5 Å². The van der Waals surface area contributed by atoms with Crippen LogP contribution in [0.25, 0.3) is 0 Å². The number of hydrogen-bond acceptors (Lipinski definition) is 4. The van der Waals surface area contributed by atoms with Gasteiger partial charge in [-0.2, -0.15) is 0 Å². The molecule has 0 spiro atoms. The van der Waals surface area contributed by atoms with Crippen molar-refractivity contribution in [2.45, 2.75) is 50.8 Å². The molecule has 0 saturated heterocycles. The van der Waals surface area contributed by atoms with Gasteiger partial charge in [0.15, 0.2) is 0 Å². The number of nitrogens with one attached hydrogen (secondary N) is 1. The summed E-state index contributed by atoms with van der Waals surface area (Å²) in [6.45, 7) is 5.86. The monoisotopic (exact) mass is 410 g/mol. The van der Waals surface area contributed by atoms with Crippen LogP contribution in [0, 0.1) is 5.92 Å². The minimum atomic E-state index is -3.73. The van der Waals surface area contributed by atoms with Crippen molar-refractivity contribution in [3.63, 3.8) is 0 Å². The van der Waals surface area contributed by atoms with Gasteiger partial charge in [0.25, 0.3) is 0 Å². The maximum atomic E-state index is 12.3. The molecule has 8 heteroatoms. The predicted octanol–water partition coefficient (Wildman–Crippen LogP) is 4.48. The zero-order valence-electron chi connectivity index (χ0n) is 14.9. The van der Waals surface area contributed by atoms with Crippen LogP contribution in [0.4, 0.5) is 5.69 Å². The molecule has 0 amide bonds. The fraction of sp³-hybridized carbons (Fsp3) is 0.647. The summed E-state index contributed by atoms with van der Waals surface area (Å²) in [4.78, 5) is -0.0695. The molecule has 0 saturated carbocycles. The van der Waals surface area contributed by atoms with Crippen LogP contribution < -0.4 is 10.5 Å². The lowest BCUT2D eigenvalue weighted by molar-refractivity contribution is 0.0928. The van der Waals surface area contributed by atoms with Crippen molar-refractivity contribution in [2.24, 2.45) is 5.92 Å². The largest absolute Gasteiger partial charge is 0.397 e. The van der Waals surface area contributed by atoms with Crippen molar-refractivity contribution in [1.29, 1.82) is 0 Å². The number of rotatable bonds is 12. The summed E-state index contributed by atoms with van der Waals surface area (Å²) in [6, 6.07) is 2.60. The summed E-state index contributed by atoms with van der Waals surface area (Å²) in [7, 11) is -3.73. The average molecular weight is 411 g/mol. The van der Waals surface area contributed by atoms with E-state index < -0.39 is 10.0 Å². The SMILES string of the molecule is CCCCC(CC)COCCCNS(=O)(=O)c1cc(Cl)c(N)cc1Cl. The highest BCUT2D eigenvalue weighted by Gasteiger charge is 2.19. The quantitative estimate of drug-likeness (QED) is 0.393. The van der Waals surface area contributed by atoms with E-state index in [2.05, 4.69) is 18.6 Å². The summed E-state index contributed by atoms with van der Waals surface area (Å²) < 4.78 is 32.7. The number of halogens is 2. The van der Waals surface area contributed by atoms with E-state index >= 15 is 0 Å².